The van der Waals surface area contributed by atoms with Gasteiger partial charge in [0.25, 0.3) is 0 Å². The lowest BCUT2D eigenvalue weighted by Gasteiger charge is -2.03. The Kier molecular flexibility index (Phi) is 7.41. The maximum absolute atomic E-state index is 11.7. The predicted molar refractivity (Wildman–Crippen MR) is 83.2 cm³/mol. The van der Waals surface area contributed by atoms with Crippen LogP contribution in [0, 0.1) is 5.92 Å². The highest BCUT2D eigenvalue weighted by atomic mass is 16.5. The minimum absolute atomic E-state index is 0.231. The first-order valence-corrected chi connectivity index (χ1v) is 7.18. The fourth-order valence-electron chi connectivity index (χ4n) is 1.66. The SMILES string of the molecule is CCC(C)C/C=C/C(C)=C/OC(=O)Cc1ccccc1. The molecule has 0 saturated heterocycles. The van der Waals surface area contributed by atoms with Gasteiger partial charge in [0.1, 0.15) is 0 Å². The zero-order valence-electron chi connectivity index (χ0n) is 12.6. The average molecular weight is 272 g/mol. The maximum Gasteiger partial charge on any atom is 0.315 e. The summed E-state index contributed by atoms with van der Waals surface area (Å²) < 4.78 is 5.14. The third-order valence-electron chi connectivity index (χ3n) is 3.18. The summed E-state index contributed by atoms with van der Waals surface area (Å²) in [7, 11) is 0. The van der Waals surface area contributed by atoms with Crippen LogP contribution in [0.1, 0.15) is 39.2 Å². The van der Waals surface area contributed by atoms with Crippen LogP contribution in [0.4, 0.5) is 0 Å². The molecule has 1 aromatic carbocycles. The van der Waals surface area contributed by atoms with E-state index in [1.807, 2.05) is 43.3 Å². The first kappa shape index (κ1) is 16.2. The molecule has 2 heteroatoms. The van der Waals surface area contributed by atoms with E-state index in [1.54, 1.807) is 0 Å². The van der Waals surface area contributed by atoms with Gasteiger partial charge < -0.3 is 4.74 Å². The molecule has 20 heavy (non-hydrogen) atoms. The van der Waals surface area contributed by atoms with Gasteiger partial charge in [0, 0.05) is 0 Å². The summed E-state index contributed by atoms with van der Waals surface area (Å²) in [5.41, 5.74) is 1.92. The van der Waals surface area contributed by atoms with Gasteiger partial charge in [-0.1, -0.05) is 62.8 Å². The maximum atomic E-state index is 11.7. The van der Waals surface area contributed by atoms with Crippen LogP contribution in [0.3, 0.4) is 0 Å². The van der Waals surface area contributed by atoms with Crippen LogP contribution in [0.2, 0.25) is 0 Å². The van der Waals surface area contributed by atoms with Gasteiger partial charge >= 0.3 is 5.97 Å². The van der Waals surface area contributed by atoms with E-state index in [2.05, 4.69) is 19.9 Å². The number of carbonyl (C=O) groups excluding carboxylic acids is 1. The molecule has 0 saturated carbocycles. The minimum atomic E-state index is -0.231. The van der Waals surface area contributed by atoms with Crippen molar-refractivity contribution in [3.63, 3.8) is 0 Å². The van der Waals surface area contributed by atoms with Crippen LogP contribution >= 0.6 is 0 Å². The first-order valence-electron chi connectivity index (χ1n) is 7.18. The number of ether oxygens (including phenoxy) is 1. The van der Waals surface area contributed by atoms with Gasteiger partial charge in [0.15, 0.2) is 0 Å². The van der Waals surface area contributed by atoms with E-state index in [4.69, 9.17) is 4.74 Å². The van der Waals surface area contributed by atoms with Crippen LogP contribution in [-0.4, -0.2) is 5.97 Å². The second-order valence-electron chi connectivity index (χ2n) is 5.17. The van der Waals surface area contributed by atoms with Crippen molar-refractivity contribution < 1.29 is 9.53 Å². The van der Waals surface area contributed by atoms with Crippen molar-refractivity contribution in [3.8, 4) is 0 Å². The Morgan fingerprint density at radius 2 is 2.00 bits per heavy atom. The van der Waals surface area contributed by atoms with Crippen LogP contribution in [0.15, 0.2) is 54.3 Å². The molecule has 0 radical (unpaired) electrons. The zero-order valence-corrected chi connectivity index (χ0v) is 12.6. The normalized spacial score (nSPS) is 13.4. The number of hydrogen-bond donors (Lipinski definition) is 0. The fourth-order valence-corrected chi connectivity index (χ4v) is 1.66. The number of carbonyl (C=O) groups is 1. The molecule has 2 nitrogen and oxygen atoms in total. The summed E-state index contributed by atoms with van der Waals surface area (Å²) in [6.45, 7) is 6.35. The molecule has 0 aromatic heterocycles. The average Bonchev–Trinajstić information content (AvgIpc) is 2.46. The smallest absolute Gasteiger partial charge is 0.315 e. The van der Waals surface area contributed by atoms with Crippen molar-refractivity contribution >= 4 is 5.97 Å². The van der Waals surface area contributed by atoms with Crippen molar-refractivity contribution in [1.82, 2.24) is 0 Å². The van der Waals surface area contributed by atoms with Crippen molar-refractivity contribution in [1.29, 1.82) is 0 Å². The Labute approximate surface area is 122 Å². The molecule has 1 aromatic rings. The molecule has 0 aliphatic rings. The standard InChI is InChI=1S/C18H24O2/c1-4-15(2)9-8-10-16(3)14-20-18(19)13-17-11-6-5-7-12-17/h5-8,10-12,14-15H,4,9,13H2,1-3H3/b10-8+,16-14+. The minimum Gasteiger partial charge on any atom is -0.434 e. The fraction of sp³-hybridized carbons (Fsp3) is 0.389. The molecule has 1 unspecified atom stereocenters. The highest BCUT2D eigenvalue weighted by molar-refractivity contribution is 5.73. The molecule has 0 spiro atoms. The van der Waals surface area contributed by atoms with Crippen molar-refractivity contribution in [2.45, 2.75) is 40.0 Å². The molecular weight excluding hydrogens is 248 g/mol. The van der Waals surface area contributed by atoms with E-state index in [1.165, 1.54) is 12.7 Å². The molecule has 0 N–H and O–H groups in total. The number of allylic oxidation sites excluding steroid dienone is 3. The van der Waals surface area contributed by atoms with E-state index in [9.17, 15) is 4.79 Å². The van der Waals surface area contributed by atoms with Gasteiger partial charge in [-0.25, -0.2) is 0 Å². The Hall–Kier alpha value is -1.83. The highest BCUT2D eigenvalue weighted by Gasteiger charge is 2.02. The van der Waals surface area contributed by atoms with E-state index in [0.29, 0.717) is 12.3 Å². The Morgan fingerprint density at radius 1 is 1.30 bits per heavy atom. The summed E-state index contributed by atoms with van der Waals surface area (Å²) in [5, 5.41) is 0. The van der Waals surface area contributed by atoms with E-state index < -0.39 is 0 Å². The molecule has 0 heterocycles. The lowest BCUT2D eigenvalue weighted by Crippen LogP contribution is -2.04. The topological polar surface area (TPSA) is 26.3 Å². The van der Waals surface area contributed by atoms with Crippen LogP contribution in [0.25, 0.3) is 0 Å². The van der Waals surface area contributed by atoms with Crippen molar-refractivity contribution in [3.05, 3.63) is 59.9 Å². The van der Waals surface area contributed by atoms with Crippen molar-refractivity contribution in [2.75, 3.05) is 0 Å². The monoisotopic (exact) mass is 272 g/mol. The number of esters is 1. The summed E-state index contributed by atoms with van der Waals surface area (Å²) in [6, 6.07) is 9.61. The van der Waals surface area contributed by atoms with Crippen molar-refractivity contribution in [2.24, 2.45) is 5.92 Å². The summed E-state index contributed by atoms with van der Waals surface area (Å²) in [4.78, 5) is 11.7. The Bertz CT molecular complexity index is 458. The number of rotatable bonds is 7. The molecule has 108 valence electrons. The second kappa shape index (κ2) is 9.13. The molecule has 0 aliphatic heterocycles. The third kappa shape index (κ3) is 6.93. The first-order chi connectivity index (χ1) is 9.61. The van der Waals surface area contributed by atoms with Crippen LogP contribution in [0.5, 0.6) is 0 Å². The van der Waals surface area contributed by atoms with E-state index in [-0.39, 0.29) is 5.97 Å². The van der Waals surface area contributed by atoms with Gasteiger partial charge in [-0.2, -0.15) is 0 Å². The summed E-state index contributed by atoms with van der Waals surface area (Å²) in [5.74, 6) is 0.463. The number of benzene rings is 1. The van der Waals surface area contributed by atoms with Gasteiger partial charge in [0.2, 0.25) is 0 Å². The van der Waals surface area contributed by atoms with E-state index >= 15 is 0 Å². The Morgan fingerprint density at radius 3 is 2.65 bits per heavy atom. The lowest BCUT2D eigenvalue weighted by molar-refractivity contribution is -0.137. The highest BCUT2D eigenvalue weighted by Crippen LogP contribution is 2.08. The van der Waals surface area contributed by atoms with Gasteiger partial charge in [0.05, 0.1) is 12.7 Å². The molecule has 0 fully saturated rings. The summed E-state index contributed by atoms with van der Waals surface area (Å²) in [6.07, 6.45) is 8.20. The predicted octanol–water partition coefficient (Wildman–Crippen LogP) is 4.67. The molecule has 0 aliphatic carbocycles. The molecular formula is C18H24O2. The van der Waals surface area contributed by atoms with Crippen LogP contribution < -0.4 is 0 Å². The lowest BCUT2D eigenvalue weighted by atomic mass is 10.0. The number of hydrogen-bond acceptors (Lipinski definition) is 2. The van der Waals surface area contributed by atoms with Gasteiger partial charge in [-0.15, -0.1) is 0 Å². The molecule has 1 rings (SSSR count). The van der Waals surface area contributed by atoms with E-state index in [0.717, 1.165) is 17.6 Å². The van der Waals surface area contributed by atoms with Gasteiger partial charge in [-0.05, 0) is 30.4 Å². The quantitative estimate of drug-likeness (QED) is 0.409. The summed E-state index contributed by atoms with van der Waals surface area (Å²) >= 11 is 0. The third-order valence-corrected chi connectivity index (χ3v) is 3.18. The molecule has 0 bridgehead atoms. The molecule has 1 atom stereocenters. The van der Waals surface area contributed by atoms with Gasteiger partial charge in [-0.3, -0.25) is 4.79 Å². The van der Waals surface area contributed by atoms with Crippen LogP contribution in [-0.2, 0) is 16.0 Å². The molecule has 0 amide bonds. The largest absolute Gasteiger partial charge is 0.434 e. The zero-order chi connectivity index (χ0) is 14.8. The second-order valence-corrected chi connectivity index (χ2v) is 5.17. The Balaban J connectivity index is 2.37.